The third-order valence-electron chi connectivity index (χ3n) is 5.16. The van der Waals surface area contributed by atoms with E-state index in [1.54, 1.807) is 11.1 Å². The van der Waals surface area contributed by atoms with Crippen LogP contribution in [0, 0.1) is 5.92 Å². The Morgan fingerprint density at radius 3 is 2.64 bits per heavy atom. The topological polar surface area (TPSA) is 0 Å². The molecule has 2 aromatic rings. The summed E-state index contributed by atoms with van der Waals surface area (Å²) in [5.74, 6) is 2.88. The van der Waals surface area contributed by atoms with Gasteiger partial charge in [0.25, 0.3) is 0 Å². The molecule has 1 heterocycles. The molecule has 1 fully saturated rings. The predicted molar refractivity (Wildman–Crippen MR) is 97.3 cm³/mol. The molecule has 0 saturated carbocycles. The van der Waals surface area contributed by atoms with Crippen molar-refractivity contribution < 1.29 is 0 Å². The lowest BCUT2D eigenvalue weighted by molar-refractivity contribution is 0.365. The van der Waals surface area contributed by atoms with Crippen molar-refractivity contribution in [3.63, 3.8) is 0 Å². The summed E-state index contributed by atoms with van der Waals surface area (Å²) in [7, 11) is 0. The first-order valence-electron chi connectivity index (χ1n) is 8.34. The Kier molecular flexibility index (Phi) is 4.07. The van der Waals surface area contributed by atoms with Gasteiger partial charge in [0.1, 0.15) is 0 Å². The molecular weight excluding hydrogens is 284 g/mol. The Hall–Kier alpha value is -1.47. The van der Waals surface area contributed by atoms with Crippen LogP contribution in [0.4, 0.5) is 0 Å². The Balaban J connectivity index is 1.57. The van der Waals surface area contributed by atoms with E-state index in [0.29, 0.717) is 5.25 Å². The Labute approximate surface area is 137 Å². The molecule has 112 valence electrons. The van der Waals surface area contributed by atoms with Crippen molar-refractivity contribution in [3.8, 4) is 0 Å². The maximum absolute atomic E-state index is 2.46. The van der Waals surface area contributed by atoms with E-state index < -0.39 is 0 Å². The molecule has 0 bridgehead atoms. The highest BCUT2D eigenvalue weighted by Gasteiger charge is 2.36. The van der Waals surface area contributed by atoms with Crippen molar-refractivity contribution in [3.05, 3.63) is 77.4 Å². The molecule has 1 heteroatoms. The minimum absolute atomic E-state index is 0.673. The van der Waals surface area contributed by atoms with Crippen LogP contribution in [0.1, 0.15) is 35.4 Å². The summed E-state index contributed by atoms with van der Waals surface area (Å²) in [4.78, 5) is 0. The third kappa shape index (κ3) is 2.75. The van der Waals surface area contributed by atoms with Gasteiger partial charge in [-0.25, -0.2) is 0 Å². The maximum Gasteiger partial charge on any atom is 0.0264 e. The minimum Gasteiger partial charge on any atom is -0.154 e. The van der Waals surface area contributed by atoms with Gasteiger partial charge in [0, 0.05) is 5.25 Å². The Bertz CT molecular complexity index is 659. The molecule has 4 rings (SSSR count). The van der Waals surface area contributed by atoms with Crippen molar-refractivity contribution in [2.24, 2.45) is 5.92 Å². The van der Waals surface area contributed by atoms with Crippen molar-refractivity contribution in [1.29, 1.82) is 0 Å². The second-order valence-electron chi connectivity index (χ2n) is 6.40. The van der Waals surface area contributed by atoms with Crippen LogP contribution in [0.5, 0.6) is 0 Å². The monoisotopic (exact) mass is 306 g/mol. The smallest absolute Gasteiger partial charge is 0.0264 e. The molecule has 3 atom stereocenters. The summed E-state index contributed by atoms with van der Waals surface area (Å²) >= 11 is 2.16. The number of hydrogen-bond donors (Lipinski definition) is 0. The summed E-state index contributed by atoms with van der Waals surface area (Å²) < 4.78 is 0. The molecule has 0 radical (unpaired) electrons. The largest absolute Gasteiger partial charge is 0.154 e. The first-order valence-corrected chi connectivity index (χ1v) is 9.39. The summed E-state index contributed by atoms with van der Waals surface area (Å²) in [6, 6.07) is 19.8. The standard InChI is InChI=1S/C21H22S/c1-2-6-16(7-3-1)10-13-21-20-12-11-17-8-4-5-9-18(17)19(20)14-15-22-21/h1-10,13,19-21H,11-12,14-15H2/b13-10+/t19-,20-,21+/m0/s1. The van der Waals surface area contributed by atoms with Crippen molar-refractivity contribution >= 4 is 17.8 Å². The summed E-state index contributed by atoms with van der Waals surface area (Å²) in [6.07, 6.45) is 8.74. The fourth-order valence-corrected chi connectivity index (χ4v) is 5.49. The molecule has 1 aliphatic carbocycles. The molecule has 0 N–H and O–H groups in total. The van der Waals surface area contributed by atoms with Gasteiger partial charge in [-0.15, -0.1) is 0 Å². The van der Waals surface area contributed by atoms with Gasteiger partial charge in [-0.3, -0.25) is 0 Å². The molecule has 0 aromatic heterocycles. The highest BCUT2D eigenvalue weighted by molar-refractivity contribution is 8.00. The molecule has 1 saturated heterocycles. The average Bonchev–Trinajstić information content (AvgIpc) is 2.60. The van der Waals surface area contributed by atoms with Crippen LogP contribution in [0.25, 0.3) is 6.08 Å². The molecule has 2 aromatic carbocycles. The van der Waals surface area contributed by atoms with Gasteiger partial charge < -0.3 is 0 Å². The first kappa shape index (κ1) is 14.1. The number of benzene rings is 2. The van der Waals surface area contributed by atoms with Crippen molar-refractivity contribution in [1.82, 2.24) is 0 Å². The van der Waals surface area contributed by atoms with E-state index in [1.165, 1.54) is 30.6 Å². The average molecular weight is 306 g/mol. The molecular formula is C21H22S. The second-order valence-corrected chi connectivity index (χ2v) is 7.69. The van der Waals surface area contributed by atoms with E-state index in [4.69, 9.17) is 0 Å². The van der Waals surface area contributed by atoms with E-state index in [1.807, 2.05) is 0 Å². The van der Waals surface area contributed by atoms with Gasteiger partial charge in [0.15, 0.2) is 0 Å². The Morgan fingerprint density at radius 2 is 1.73 bits per heavy atom. The van der Waals surface area contributed by atoms with Crippen molar-refractivity contribution in [2.45, 2.75) is 30.4 Å². The lowest BCUT2D eigenvalue weighted by Crippen LogP contribution is -2.32. The van der Waals surface area contributed by atoms with Crippen LogP contribution in [-0.4, -0.2) is 11.0 Å². The zero-order chi connectivity index (χ0) is 14.8. The quantitative estimate of drug-likeness (QED) is 0.701. The van der Waals surface area contributed by atoms with Gasteiger partial charge in [-0.2, -0.15) is 11.8 Å². The van der Waals surface area contributed by atoms with E-state index in [9.17, 15) is 0 Å². The van der Waals surface area contributed by atoms with E-state index >= 15 is 0 Å². The highest BCUT2D eigenvalue weighted by Crippen LogP contribution is 2.47. The van der Waals surface area contributed by atoms with E-state index in [-0.39, 0.29) is 0 Å². The first-order chi connectivity index (χ1) is 10.9. The normalized spacial score (nSPS) is 27.4. The number of rotatable bonds is 2. The van der Waals surface area contributed by atoms with E-state index in [2.05, 4.69) is 78.5 Å². The summed E-state index contributed by atoms with van der Waals surface area (Å²) in [5, 5.41) is 0.673. The minimum atomic E-state index is 0.673. The number of hydrogen-bond acceptors (Lipinski definition) is 1. The SMILES string of the molecule is C(=C\[C@H]1SCC[C@H]2c3ccccc3CC[C@H]12)/c1ccccc1. The van der Waals surface area contributed by atoms with E-state index in [0.717, 1.165) is 11.8 Å². The highest BCUT2D eigenvalue weighted by atomic mass is 32.2. The zero-order valence-electron chi connectivity index (χ0n) is 12.8. The number of fused-ring (bicyclic) bond motifs is 3. The maximum atomic E-state index is 2.46. The fraction of sp³-hybridized carbons (Fsp3) is 0.333. The lowest BCUT2D eigenvalue weighted by atomic mass is 9.72. The molecule has 0 unspecified atom stereocenters. The second kappa shape index (κ2) is 6.34. The van der Waals surface area contributed by atoms with Gasteiger partial charge in [-0.1, -0.05) is 66.7 Å². The van der Waals surface area contributed by atoms with Crippen LogP contribution < -0.4 is 0 Å². The zero-order valence-corrected chi connectivity index (χ0v) is 13.6. The molecule has 0 amide bonds. The van der Waals surface area contributed by atoms with Crippen LogP contribution >= 0.6 is 11.8 Å². The predicted octanol–water partition coefficient (Wildman–Crippen LogP) is 5.55. The molecule has 2 aliphatic rings. The van der Waals surface area contributed by atoms with Gasteiger partial charge in [0.2, 0.25) is 0 Å². The van der Waals surface area contributed by atoms with Crippen LogP contribution in [-0.2, 0) is 6.42 Å². The Morgan fingerprint density at radius 1 is 0.909 bits per heavy atom. The van der Waals surface area contributed by atoms with Crippen LogP contribution in [0.3, 0.4) is 0 Å². The van der Waals surface area contributed by atoms with Gasteiger partial charge >= 0.3 is 0 Å². The van der Waals surface area contributed by atoms with Gasteiger partial charge in [0.05, 0.1) is 0 Å². The molecule has 0 spiro atoms. The molecule has 22 heavy (non-hydrogen) atoms. The van der Waals surface area contributed by atoms with Gasteiger partial charge in [-0.05, 0) is 53.5 Å². The summed E-state index contributed by atoms with van der Waals surface area (Å²) in [6.45, 7) is 0. The number of thioether (sulfide) groups is 1. The molecule has 0 nitrogen and oxygen atoms in total. The van der Waals surface area contributed by atoms with Crippen LogP contribution in [0.15, 0.2) is 60.7 Å². The van der Waals surface area contributed by atoms with Crippen LogP contribution in [0.2, 0.25) is 0 Å². The molecule has 1 aliphatic heterocycles. The number of aryl methyl sites for hydroxylation is 1. The third-order valence-corrected chi connectivity index (χ3v) is 6.52. The van der Waals surface area contributed by atoms with Crippen molar-refractivity contribution in [2.75, 3.05) is 5.75 Å². The fourth-order valence-electron chi connectivity index (χ4n) is 4.06. The lowest BCUT2D eigenvalue weighted by Gasteiger charge is -2.41. The summed E-state index contributed by atoms with van der Waals surface area (Å²) in [5.41, 5.74) is 4.56.